The third-order valence-electron chi connectivity index (χ3n) is 1.07. The summed E-state index contributed by atoms with van der Waals surface area (Å²) in [5, 5.41) is 7.63. The second-order valence-electron chi connectivity index (χ2n) is 2.35. The molecule has 0 aromatic heterocycles. The van der Waals surface area contributed by atoms with Crippen LogP contribution >= 0.6 is 0 Å². The fraction of sp³-hybridized carbons (Fsp3) is 0.500. The predicted molar refractivity (Wildman–Crippen MR) is 30.9 cm³/mol. The van der Waals surface area contributed by atoms with E-state index in [1.165, 1.54) is 0 Å². The molecular weight excluding hydrogens is 259 g/mol. The molecular formula is C6HF9O. The van der Waals surface area contributed by atoms with E-state index in [9.17, 15) is 39.5 Å². The van der Waals surface area contributed by atoms with Gasteiger partial charge in [-0.2, -0.15) is 39.5 Å². The van der Waals surface area contributed by atoms with Gasteiger partial charge in [-0.25, -0.2) is 0 Å². The second kappa shape index (κ2) is 4.02. The lowest BCUT2D eigenvalue weighted by molar-refractivity contribution is -0.213. The largest absolute Gasteiger partial charge is 0.450 e. The van der Waals surface area contributed by atoms with E-state index in [-0.39, 0.29) is 5.73 Å². The van der Waals surface area contributed by atoms with E-state index in [0.29, 0.717) is 0 Å². The van der Waals surface area contributed by atoms with Gasteiger partial charge in [0.25, 0.3) is 0 Å². The number of alkyl halides is 8. The van der Waals surface area contributed by atoms with Crippen molar-refractivity contribution in [2.75, 3.05) is 0 Å². The molecule has 0 aliphatic heterocycles. The van der Waals surface area contributed by atoms with E-state index >= 15 is 0 Å². The first kappa shape index (κ1) is 14.8. The van der Waals surface area contributed by atoms with Crippen molar-refractivity contribution in [2.24, 2.45) is 0 Å². The van der Waals surface area contributed by atoms with Crippen LogP contribution in [0.4, 0.5) is 39.5 Å². The van der Waals surface area contributed by atoms with Gasteiger partial charge in [-0.1, -0.05) is 5.73 Å². The zero-order chi connectivity index (χ0) is 13.4. The molecule has 0 bridgehead atoms. The van der Waals surface area contributed by atoms with Crippen molar-refractivity contribution in [1.82, 2.24) is 0 Å². The Hall–Kier alpha value is -1.15. The van der Waals surface area contributed by atoms with E-state index in [2.05, 4.69) is 0 Å². The molecule has 94 valence electrons. The molecule has 0 radical (unpaired) electrons. The zero-order valence-electron chi connectivity index (χ0n) is 6.85. The van der Waals surface area contributed by atoms with Gasteiger partial charge in [0, 0.05) is 0 Å². The minimum Gasteiger partial charge on any atom is -0.332 e. The van der Waals surface area contributed by atoms with Gasteiger partial charge in [-0.15, -0.1) is 0 Å². The van der Waals surface area contributed by atoms with Crippen LogP contribution in [0, 0.1) is 0 Å². The molecule has 0 unspecified atom stereocenters. The van der Waals surface area contributed by atoms with Crippen LogP contribution in [-0.4, -0.2) is 23.6 Å². The molecule has 0 saturated carbocycles. The van der Waals surface area contributed by atoms with Gasteiger partial charge < -0.3 is 5.11 Å². The summed E-state index contributed by atoms with van der Waals surface area (Å²) in [6.45, 7) is 0. The molecule has 0 heterocycles. The van der Waals surface area contributed by atoms with Crippen molar-refractivity contribution in [3.05, 3.63) is 17.1 Å². The summed E-state index contributed by atoms with van der Waals surface area (Å²) in [4.78, 5) is 0. The van der Waals surface area contributed by atoms with E-state index in [0.717, 1.165) is 0 Å². The van der Waals surface area contributed by atoms with Crippen LogP contribution < -0.4 is 0 Å². The molecule has 0 aromatic carbocycles. The van der Waals surface area contributed by atoms with Gasteiger partial charge in [0.05, 0.1) is 0 Å². The number of hydrogen-bond donors (Lipinski definition) is 1. The fourth-order valence-corrected chi connectivity index (χ4v) is 0.497. The maximum Gasteiger partial charge on any atom is 0.450 e. The monoisotopic (exact) mass is 260 g/mol. The molecule has 1 nitrogen and oxygen atoms in total. The van der Waals surface area contributed by atoms with Crippen LogP contribution in [0.2, 0.25) is 0 Å². The van der Waals surface area contributed by atoms with E-state index in [1.807, 2.05) is 0 Å². The Labute approximate surface area is 81.5 Å². The van der Waals surface area contributed by atoms with Crippen molar-refractivity contribution < 1.29 is 44.6 Å². The molecule has 0 aromatic rings. The fourth-order valence-electron chi connectivity index (χ4n) is 0.497. The lowest BCUT2D eigenvalue weighted by atomic mass is 10.2. The smallest absolute Gasteiger partial charge is 0.332 e. The normalized spacial score (nSPS) is 13.4. The van der Waals surface area contributed by atoms with Gasteiger partial charge in [0.1, 0.15) is 0 Å². The van der Waals surface area contributed by atoms with Crippen LogP contribution in [0.3, 0.4) is 0 Å². The highest BCUT2D eigenvalue weighted by Crippen LogP contribution is 2.36. The quantitative estimate of drug-likeness (QED) is 0.567. The van der Waals surface area contributed by atoms with Crippen LogP contribution in [0.5, 0.6) is 0 Å². The van der Waals surface area contributed by atoms with Gasteiger partial charge in [-0.05, 0) is 0 Å². The average Bonchev–Trinajstić information content (AvgIpc) is 1.92. The van der Waals surface area contributed by atoms with Crippen LogP contribution in [0.25, 0.3) is 0 Å². The average molecular weight is 260 g/mol. The van der Waals surface area contributed by atoms with E-state index in [1.54, 1.807) is 0 Å². The Morgan fingerprint density at radius 3 is 1.38 bits per heavy atom. The minimum absolute atomic E-state index is 0.247. The molecule has 0 fully saturated rings. The number of aliphatic hydroxyl groups is 1. The van der Waals surface area contributed by atoms with E-state index in [4.69, 9.17) is 5.11 Å². The lowest BCUT2D eigenvalue weighted by Gasteiger charge is -2.14. The van der Waals surface area contributed by atoms with Gasteiger partial charge in [-0.3, -0.25) is 0 Å². The molecule has 0 rings (SSSR count). The first-order valence-electron chi connectivity index (χ1n) is 3.17. The molecule has 16 heavy (non-hydrogen) atoms. The molecule has 0 aliphatic carbocycles. The zero-order valence-corrected chi connectivity index (χ0v) is 6.85. The minimum atomic E-state index is -6.05. The van der Waals surface area contributed by atoms with Crippen LogP contribution in [0.15, 0.2) is 17.1 Å². The van der Waals surface area contributed by atoms with Gasteiger partial charge in [0.15, 0.2) is 5.57 Å². The third kappa shape index (κ3) is 4.15. The number of hydrogen-bond acceptors (Lipinski definition) is 1. The summed E-state index contributed by atoms with van der Waals surface area (Å²) in [7, 11) is 0. The Morgan fingerprint density at radius 1 is 0.812 bits per heavy atom. The lowest BCUT2D eigenvalue weighted by Crippen LogP contribution is -2.29. The molecule has 0 atom stereocenters. The highest BCUT2D eigenvalue weighted by molar-refractivity contribution is 5.17. The second-order valence-corrected chi connectivity index (χ2v) is 2.35. The van der Waals surface area contributed by atoms with Crippen molar-refractivity contribution in [3.63, 3.8) is 0 Å². The van der Waals surface area contributed by atoms with Crippen molar-refractivity contribution >= 4 is 0 Å². The SMILES string of the molecule is OC(F)(F)C(=C=C(F)C(F)(F)F)C(F)(F)F. The summed E-state index contributed by atoms with van der Waals surface area (Å²) in [6.07, 6.45) is -17.6. The maximum atomic E-state index is 11.9. The van der Waals surface area contributed by atoms with Gasteiger partial charge in [0.2, 0.25) is 5.83 Å². The van der Waals surface area contributed by atoms with Gasteiger partial charge >= 0.3 is 18.5 Å². The van der Waals surface area contributed by atoms with Crippen molar-refractivity contribution in [1.29, 1.82) is 0 Å². The molecule has 1 N–H and O–H groups in total. The Bertz CT molecular complexity index is 305. The summed E-state index contributed by atoms with van der Waals surface area (Å²) < 4.78 is 105. The van der Waals surface area contributed by atoms with E-state index < -0.39 is 29.9 Å². The van der Waals surface area contributed by atoms with Crippen molar-refractivity contribution in [3.8, 4) is 0 Å². The highest BCUT2D eigenvalue weighted by atomic mass is 19.4. The molecule has 0 aliphatic rings. The summed E-state index contributed by atoms with van der Waals surface area (Å²) in [5.74, 6) is -3.52. The number of halogens is 9. The Morgan fingerprint density at radius 2 is 1.19 bits per heavy atom. The Balaban J connectivity index is 5.84. The number of rotatable bonds is 1. The summed E-state index contributed by atoms with van der Waals surface area (Å²) in [6, 6.07) is 0. The van der Waals surface area contributed by atoms with Crippen LogP contribution in [0.1, 0.15) is 0 Å². The molecule has 0 saturated heterocycles. The summed E-state index contributed by atoms with van der Waals surface area (Å²) >= 11 is 0. The topological polar surface area (TPSA) is 20.2 Å². The highest BCUT2D eigenvalue weighted by Gasteiger charge is 2.50. The Kier molecular flexibility index (Phi) is 3.73. The standard InChI is InChI=1S/C6HF9O/c7-3(5(11,12)13)1-2(4(8,9)10)6(14,15)16/h16H. The maximum absolute atomic E-state index is 11.9. The predicted octanol–water partition coefficient (Wildman–Crippen LogP) is 3.07. The third-order valence-corrected chi connectivity index (χ3v) is 1.07. The molecule has 10 heteroatoms. The van der Waals surface area contributed by atoms with Crippen LogP contribution in [-0.2, 0) is 0 Å². The van der Waals surface area contributed by atoms with Crippen molar-refractivity contribution in [2.45, 2.75) is 18.5 Å². The summed E-state index contributed by atoms with van der Waals surface area (Å²) in [5.41, 5.74) is -3.71. The molecule has 0 amide bonds. The first-order chi connectivity index (χ1) is 6.76. The first-order valence-corrected chi connectivity index (χ1v) is 3.17. The molecule has 0 spiro atoms.